The van der Waals surface area contributed by atoms with Crippen LogP contribution in [-0.4, -0.2) is 28.5 Å². The number of allylic oxidation sites excluding steroid dienone is 2. The minimum absolute atomic E-state index is 0. The van der Waals surface area contributed by atoms with Crippen LogP contribution in [0.2, 0.25) is 19.6 Å². The van der Waals surface area contributed by atoms with Crippen LogP contribution in [0.15, 0.2) is 84.8 Å². The summed E-state index contributed by atoms with van der Waals surface area (Å²) in [4.78, 5) is 14.8. The van der Waals surface area contributed by atoms with Gasteiger partial charge < -0.3 is 9.67 Å². The number of para-hydroxylation sites is 2. The van der Waals surface area contributed by atoms with E-state index in [4.69, 9.17) is 10.1 Å². The van der Waals surface area contributed by atoms with Gasteiger partial charge in [0, 0.05) is 43.3 Å². The maximum absolute atomic E-state index is 10.0. The van der Waals surface area contributed by atoms with E-state index in [2.05, 4.69) is 90.9 Å². The molecule has 0 saturated carbocycles. The van der Waals surface area contributed by atoms with Crippen molar-refractivity contribution < 1.29 is 30.0 Å². The van der Waals surface area contributed by atoms with Crippen LogP contribution in [0.3, 0.4) is 0 Å². The number of hydrogen-bond donors (Lipinski definition) is 1. The number of carbonyl (C=O) groups is 1. The Kier molecular flexibility index (Phi) is 8.11. The van der Waals surface area contributed by atoms with Crippen molar-refractivity contribution in [1.29, 1.82) is 0 Å². The van der Waals surface area contributed by atoms with Crippen LogP contribution >= 0.6 is 0 Å². The van der Waals surface area contributed by atoms with Gasteiger partial charge in [-0.2, -0.15) is 24.3 Å². The zero-order valence-electron chi connectivity index (χ0n) is 20.6. The van der Waals surface area contributed by atoms with Crippen molar-refractivity contribution in [3.63, 3.8) is 0 Å². The van der Waals surface area contributed by atoms with Crippen molar-refractivity contribution in [3.05, 3.63) is 90.8 Å². The fourth-order valence-corrected chi connectivity index (χ4v) is 5.34. The first-order valence-corrected chi connectivity index (χ1v) is 14.8. The molecule has 0 atom stereocenters. The van der Waals surface area contributed by atoms with Gasteiger partial charge >= 0.3 is 0 Å². The molecule has 6 heteroatoms. The first kappa shape index (κ1) is 26.5. The van der Waals surface area contributed by atoms with Crippen molar-refractivity contribution >= 4 is 51.6 Å². The van der Waals surface area contributed by atoms with Gasteiger partial charge in [-0.3, -0.25) is 4.79 Å². The minimum atomic E-state index is -1.35. The molecule has 0 saturated heterocycles. The maximum atomic E-state index is 10.0. The molecule has 0 aliphatic heterocycles. The zero-order valence-corrected chi connectivity index (χ0v) is 24.0. The minimum Gasteiger partial charge on any atom is -0.512 e. The van der Waals surface area contributed by atoms with E-state index in [1.807, 2.05) is 12.3 Å². The summed E-state index contributed by atoms with van der Waals surface area (Å²) < 4.78 is 2.25. The molecule has 1 N–H and O–H groups in total. The summed E-state index contributed by atoms with van der Waals surface area (Å²) in [5.41, 5.74) is 2.25. The molecule has 1 radical (unpaired) electrons. The molecule has 0 aliphatic rings. The maximum Gasteiger partial charge on any atom is 0.155 e. The molecular formula is C29H29IrN2O2Si-. The Labute approximate surface area is 220 Å². The van der Waals surface area contributed by atoms with Gasteiger partial charge in [-0.15, -0.1) is 5.39 Å². The normalized spacial score (nSPS) is 11.7. The topological polar surface area (TPSA) is 55.1 Å². The smallest absolute Gasteiger partial charge is 0.155 e. The van der Waals surface area contributed by atoms with Gasteiger partial charge in [0.25, 0.3) is 0 Å². The number of benzene rings is 3. The van der Waals surface area contributed by atoms with Crippen LogP contribution in [0.5, 0.6) is 0 Å². The molecule has 5 aromatic rings. The fourth-order valence-electron chi connectivity index (χ4n) is 4.17. The second kappa shape index (κ2) is 10.7. The standard InChI is InChI=1S/C24H21N2Si.C5H8O2.Ir/c1-27(2,3)18-12-13-19-17(16-18)14-15-25-24(19)26-22-10-6-4-8-20(22)21-9-5-7-11-23(21)26;1-4(6)3-5(2)7;/h4-10,12-16H,1-3H3;3,6H,1-2H3;/q-1;;. The van der Waals surface area contributed by atoms with E-state index in [0.717, 1.165) is 11.3 Å². The van der Waals surface area contributed by atoms with Gasteiger partial charge in [0.05, 0.1) is 13.8 Å². The molecule has 0 fully saturated rings. The molecule has 181 valence electrons. The number of hydrogen-bond acceptors (Lipinski definition) is 3. The van der Waals surface area contributed by atoms with E-state index in [1.54, 1.807) is 0 Å². The van der Waals surface area contributed by atoms with Gasteiger partial charge in [0.1, 0.15) is 5.82 Å². The van der Waals surface area contributed by atoms with Crippen LogP contribution in [0, 0.1) is 6.07 Å². The summed E-state index contributed by atoms with van der Waals surface area (Å²) in [6.07, 6.45) is 3.09. The van der Waals surface area contributed by atoms with E-state index in [0.29, 0.717) is 0 Å². The SMILES string of the molecule is CC(=O)C=C(C)O.C[Si](C)(C)c1ccc2c(-n3c4[c-]cccc4c4ccccc43)nccc2c1.[Ir]. The average Bonchev–Trinajstić information content (AvgIpc) is 3.11. The van der Waals surface area contributed by atoms with Crippen molar-refractivity contribution in [2.45, 2.75) is 33.5 Å². The molecule has 0 amide bonds. The molecule has 4 nitrogen and oxygen atoms in total. The first-order chi connectivity index (χ1) is 16.2. The number of pyridine rings is 1. The van der Waals surface area contributed by atoms with E-state index in [-0.39, 0.29) is 31.6 Å². The van der Waals surface area contributed by atoms with Crippen molar-refractivity contribution in [2.75, 3.05) is 0 Å². The second-order valence-electron chi connectivity index (χ2n) is 9.50. The molecule has 2 heterocycles. The van der Waals surface area contributed by atoms with Crippen molar-refractivity contribution in [1.82, 2.24) is 9.55 Å². The number of nitrogens with zero attached hydrogens (tertiary/aromatic N) is 2. The molecule has 35 heavy (non-hydrogen) atoms. The Morgan fingerprint density at radius 2 is 1.69 bits per heavy atom. The van der Waals surface area contributed by atoms with Crippen molar-refractivity contribution in [2.24, 2.45) is 0 Å². The average molecular weight is 658 g/mol. The Balaban J connectivity index is 0.000000378. The third-order valence-electron chi connectivity index (χ3n) is 5.73. The number of fused-ring (bicyclic) bond motifs is 4. The fraction of sp³-hybridized carbons (Fsp3) is 0.172. The van der Waals surface area contributed by atoms with Gasteiger partial charge in [0.15, 0.2) is 5.78 Å². The molecule has 0 unspecified atom stereocenters. The largest absolute Gasteiger partial charge is 0.512 e. The first-order valence-electron chi connectivity index (χ1n) is 11.3. The molecule has 0 aliphatic carbocycles. The Hall–Kier alpha value is -3.05. The van der Waals surface area contributed by atoms with Crippen LogP contribution in [0.25, 0.3) is 38.4 Å². The van der Waals surface area contributed by atoms with Gasteiger partial charge in [-0.25, -0.2) is 4.98 Å². The van der Waals surface area contributed by atoms with Crippen molar-refractivity contribution in [3.8, 4) is 5.82 Å². The Bertz CT molecular complexity index is 1490. The third kappa shape index (κ3) is 5.62. The molecular weight excluding hydrogens is 629 g/mol. The number of rotatable bonds is 3. The number of aliphatic hydroxyl groups excluding tert-OH is 1. The summed E-state index contributed by atoms with van der Waals surface area (Å²) in [6, 6.07) is 27.2. The van der Waals surface area contributed by atoms with Crippen LogP contribution < -0.4 is 5.19 Å². The van der Waals surface area contributed by atoms with E-state index >= 15 is 0 Å². The van der Waals surface area contributed by atoms with E-state index < -0.39 is 8.07 Å². The predicted molar refractivity (Wildman–Crippen MR) is 145 cm³/mol. The van der Waals surface area contributed by atoms with Gasteiger partial charge in [0.2, 0.25) is 0 Å². The van der Waals surface area contributed by atoms with Crippen LogP contribution in [0.4, 0.5) is 0 Å². The number of aromatic nitrogens is 2. The number of ketones is 1. The zero-order chi connectivity index (χ0) is 24.5. The second-order valence-corrected chi connectivity index (χ2v) is 14.6. The summed E-state index contributed by atoms with van der Waals surface area (Å²) in [5, 5.41) is 14.7. The van der Waals surface area contributed by atoms with Gasteiger partial charge in [-0.05, 0) is 36.8 Å². The molecule has 3 aromatic carbocycles. The quantitative estimate of drug-likeness (QED) is 0.102. The monoisotopic (exact) mass is 658 g/mol. The molecule has 5 rings (SSSR count). The Morgan fingerprint density at radius 1 is 0.971 bits per heavy atom. The Morgan fingerprint density at radius 3 is 2.34 bits per heavy atom. The summed E-state index contributed by atoms with van der Waals surface area (Å²) in [6.45, 7) is 10.0. The summed E-state index contributed by atoms with van der Waals surface area (Å²) >= 11 is 0. The number of aliphatic hydroxyl groups is 1. The number of carbonyl (C=O) groups excluding carboxylic acids is 1. The predicted octanol–water partition coefficient (Wildman–Crippen LogP) is 6.71. The van der Waals surface area contributed by atoms with Crippen LogP contribution in [0.1, 0.15) is 13.8 Å². The van der Waals surface area contributed by atoms with E-state index in [1.165, 1.54) is 52.2 Å². The van der Waals surface area contributed by atoms with Crippen LogP contribution in [-0.2, 0) is 24.9 Å². The molecule has 0 bridgehead atoms. The molecule has 2 aromatic heterocycles. The third-order valence-corrected chi connectivity index (χ3v) is 7.77. The van der Waals surface area contributed by atoms with Gasteiger partial charge in [-0.1, -0.05) is 66.7 Å². The van der Waals surface area contributed by atoms with E-state index in [9.17, 15) is 4.79 Å². The summed E-state index contributed by atoms with van der Waals surface area (Å²) in [5.74, 6) is 0.913. The molecule has 0 spiro atoms. The summed E-state index contributed by atoms with van der Waals surface area (Å²) in [7, 11) is -1.35.